The van der Waals surface area contributed by atoms with Crippen molar-refractivity contribution in [2.24, 2.45) is 51.8 Å². The van der Waals surface area contributed by atoms with Gasteiger partial charge < -0.3 is 14.6 Å². The van der Waals surface area contributed by atoms with Gasteiger partial charge in [-0.2, -0.15) is 0 Å². The van der Waals surface area contributed by atoms with Gasteiger partial charge in [0.25, 0.3) is 0 Å². The average molecular weight is 562 g/mol. The molecule has 5 nitrogen and oxygen atoms in total. The second-order valence-electron chi connectivity index (χ2n) is 14.9. The molecule has 4 bridgehead atoms. The number of unbranched alkanes of at least 4 members (excludes halogenated alkanes) is 1. The first-order valence-corrected chi connectivity index (χ1v) is 16.5. The molecule has 4 fully saturated rings. The summed E-state index contributed by atoms with van der Waals surface area (Å²) in [5.74, 6) is 0.917. The van der Waals surface area contributed by atoms with Crippen LogP contribution in [-0.4, -0.2) is 48.1 Å². The molecule has 41 heavy (non-hydrogen) atoms. The van der Waals surface area contributed by atoms with Crippen molar-refractivity contribution in [2.45, 2.75) is 97.8 Å². The number of aliphatic carboxylic acids is 1. The zero-order chi connectivity index (χ0) is 29.2. The lowest BCUT2D eigenvalue weighted by atomic mass is 9.41. The Balaban J connectivity index is 1.40. The van der Waals surface area contributed by atoms with Crippen molar-refractivity contribution in [3.8, 4) is 0 Å². The number of likely N-dealkylation sites (N-methyl/N-ethyl adjacent to an activating group) is 1. The maximum absolute atomic E-state index is 14.0. The molecule has 4 aliphatic carbocycles. The van der Waals surface area contributed by atoms with Gasteiger partial charge in [-0.25, -0.2) is 0 Å². The monoisotopic (exact) mass is 561 g/mol. The highest BCUT2D eigenvalue weighted by molar-refractivity contribution is 5.90. The molecule has 0 radical (unpaired) electrons. The summed E-state index contributed by atoms with van der Waals surface area (Å²) in [6.45, 7) is 10.6. The number of carboxylic acids is 1. The third-order valence-electron chi connectivity index (χ3n) is 12.7. The lowest BCUT2D eigenvalue weighted by Crippen LogP contribution is -2.65. The third kappa shape index (κ3) is 3.93. The number of nitrogens with zero attached hydrogens (tertiary/aromatic N) is 1. The van der Waals surface area contributed by atoms with Crippen LogP contribution in [0.1, 0.15) is 84.6 Å². The van der Waals surface area contributed by atoms with E-state index >= 15 is 0 Å². The predicted molar refractivity (Wildman–Crippen MR) is 161 cm³/mol. The van der Waals surface area contributed by atoms with E-state index in [-0.39, 0.29) is 30.0 Å². The summed E-state index contributed by atoms with van der Waals surface area (Å²) in [5.41, 5.74) is -0.213. The maximum atomic E-state index is 14.0. The van der Waals surface area contributed by atoms with E-state index in [2.05, 4.69) is 76.1 Å². The number of aldehydes is 1. The first-order valence-electron chi connectivity index (χ1n) is 16.5. The quantitative estimate of drug-likeness (QED) is 0.233. The summed E-state index contributed by atoms with van der Waals surface area (Å²) >= 11 is 0. The minimum absolute atomic E-state index is 0.0762. The summed E-state index contributed by atoms with van der Waals surface area (Å²) in [4.78, 5) is 29.8. The number of carboxylic acid groups (broad SMARTS) is 1. The van der Waals surface area contributed by atoms with Gasteiger partial charge in [0, 0.05) is 18.5 Å². The normalized spacial score (nSPS) is 42.6. The molecule has 1 aromatic carbocycles. The van der Waals surface area contributed by atoms with Crippen LogP contribution < -0.4 is 0 Å². The number of rotatable bonds is 11. The van der Waals surface area contributed by atoms with Crippen molar-refractivity contribution < 1.29 is 19.4 Å². The van der Waals surface area contributed by atoms with Crippen molar-refractivity contribution >= 4 is 12.3 Å². The number of allylic oxidation sites excluding steroid dienone is 1. The first-order chi connectivity index (χ1) is 19.7. The Morgan fingerprint density at radius 2 is 1.95 bits per heavy atom. The van der Waals surface area contributed by atoms with E-state index in [4.69, 9.17) is 4.74 Å². The van der Waals surface area contributed by atoms with Gasteiger partial charge in [-0.15, -0.1) is 0 Å². The summed E-state index contributed by atoms with van der Waals surface area (Å²) in [7, 11) is 2.18. The molecule has 1 N–H and O–H groups in total. The van der Waals surface area contributed by atoms with Gasteiger partial charge in [0.1, 0.15) is 11.7 Å². The third-order valence-corrected chi connectivity index (χ3v) is 12.7. The Hall–Kier alpha value is -1.98. The Labute approximate surface area is 247 Å². The number of ether oxygens (including phenoxy) is 1. The van der Waals surface area contributed by atoms with Gasteiger partial charge in [-0.1, -0.05) is 88.9 Å². The van der Waals surface area contributed by atoms with E-state index < -0.39 is 22.2 Å². The van der Waals surface area contributed by atoms with Crippen LogP contribution in [-0.2, 0) is 20.9 Å². The van der Waals surface area contributed by atoms with Crippen molar-refractivity contribution in [3.63, 3.8) is 0 Å². The Bertz CT molecular complexity index is 1180. The number of carbonyl (C=O) groups is 2. The highest BCUT2D eigenvalue weighted by Crippen LogP contribution is 2.84. The second-order valence-corrected chi connectivity index (χ2v) is 14.9. The van der Waals surface area contributed by atoms with Crippen LogP contribution in [0, 0.1) is 51.8 Å². The van der Waals surface area contributed by atoms with Crippen molar-refractivity contribution in [1.29, 1.82) is 0 Å². The minimum atomic E-state index is -1.16. The number of benzene rings is 1. The summed E-state index contributed by atoms with van der Waals surface area (Å²) in [6, 6.07) is 10.6. The van der Waals surface area contributed by atoms with E-state index in [0.717, 1.165) is 69.9 Å². The van der Waals surface area contributed by atoms with Crippen LogP contribution in [0.5, 0.6) is 0 Å². The number of carbonyl (C=O) groups excluding carboxylic acids is 1. The zero-order valence-electron chi connectivity index (χ0n) is 25.9. The molecule has 0 spiro atoms. The molecule has 224 valence electrons. The topological polar surface area (TPSA) is 66.8 Å². The van der Waals surface area contributed by atoms with Crippen LogP contribution in [0.2, 0.25) is 0 Å². The Morgan fingerprint density at radius 3 is 2.61 bits per heavy atom. The first kappa shape index (κ1) is 29.1. The lowest BCUT2D eigenvalue weighted by molar-refractivity contribution is -0.197. The Kier molecular flexibility index (Phi) is 7.55. The molecule has 1 aromatic rings. The van der Waals surface area contributed by atoms with Crippen LogP contribution in [0.25, 0.3) is 0 Å². The molecular formula is C36H51NO4. The maximum Gasteiger partial charge on any atom is 0.315 e. The average Bonchev–Trinajstić information content (AvgIpc) is 3.65. The number of hydrogen-bond acceptors (Lipinski definition) is 4. The van der Waals surface area contributed by atoms with Crippen LogP contribution in [0.3, 0.4) is 0 Å². The van der Waals surface area contributed by atoms with Gasteiger partial charge in [0.05, 0.1) is 17.6 Å². The van der Waals surface area contributed by atoms with Crippen molar-refractivity contribution in [2.75, 3.05) is 13.6 Å². The van der Waals surface area contributed by atoms with Gasteiger partial charge >= 0.3 is 5.97 Å². The molecule has 6 rings (SSSR count). The molecule has 3 saturated carbocycles. The fourth-order valence-electron chi connectivity index (χ4n) is 11.2. The molecule has 0 amide bonds. The van der Waals surface area contributed by atoms with E-state index in [0.29, 0.717) is 24.2 Å². The predicted octanol–water partition coefficient (Wildman–Crippen LogP) is 7.01. The Morgan fingerprint density at radius 1 is 1.20 bits per heavy atom. The van der Waals surface area contributed by atoms with Crippen molar-refractivity contribution in [3.05, 3.63) is 47.5 Å². The summed E-state index contributed by atoms with van der Waals surface area (Å²) < 4.78 is 7.24. The molecule has 1 aliphatic heterocycles. The fourth-order valence-corrected chi connectivity index (χ4v) is 11.2. The van der Waals surface area contributed by atoms with E-state index in [1.807, 2.05) is 0 Å². The lowest BCUT2D eigenvalue weighted by Gasteiger charge is -2.60. The molecule has 1 heterocycles. The van der Waals surface area contributed by atoms with E-state index in [1.54, 1.807) is 0 Å². The standard InChI is InChI=1S/C36H51NO4/c1-6-7-13-26-16-32(41-31(26)21-37(5)20-25-11-9-8-10-12-25)35-19-28-24(4)14-15-29(28)34(22-38)18-27(35)17-30(23(2)3)36(34,35)33(39)40/h8-12,17,22-24,26-29,31-32H,6-7,13-16,18-21H2,1-5H3,(H,39,40)/t24-,26?,27?,28-,29-,31?,32?,34?,35?,36?/m1/s1. The smallest absolute Gasteiger partial charge is 0.315 e. The molecule has 1 saturated heterocycles. The second kappa shape index (κ2) is 10.6. The van der Waals surface area contributed by atoms with Gasteiger partial charge in [-0.3, -0.25) is 9.69 Å². The van der Waals surface area contributed by atoms with Gasteiger partial charge in [-0.05, 0) is 80.2 Å². The van der Waals surface area contributed by atoms with Gasteiger partial charge in [0.15, 0.2) is 0 Å². The zero-order valence-corrected chi connectivity index (χ0v) is 25.9. The van der Waals surface area contributed by atoms with Gasteiger partial charge in [0.2, 0.25) is 0 Å². The number of hydrogen-bond donors (Lipinski definition) is 1. The molecular weight excluding hydrogens is 510 g/mol. The molecule has 5 aliphatic rings. The molecule has 5 heteroatoms. The van der Waals surface area contributed by atoms with E-state index in [1.165, 1.54) is 5.56 Å². The van der Waals surface area contributed by atoms with E-state index in [9.17, 15) is 14.7 Å². The van der Waals surface area contributed by atoms with Crippen LogP contribution in [0.15, 0.2) is 42.0 Å². The molecule has 10 atom stereocenters. The summed E-state index contributed by atoms with van der Waals surface area (Å²) in [6.07, 6.45) is 11.4. The minimum Gasteiger partial charge on any atom is -0.481 e. The fraction of sp³-hybridized carbons (Fsp3) is 0.722. The highest BCUT2D eigenvalue weighted by Gasteiger charge is 2.86. The summed E-state index contributed by atoms with van der Waals surface area (Å²) in [5, 5.41) is 11.4. The molecule has 0 aromatic heterocycles. The number of fused-ring (bicyclic) bond motifs is 2. The van der Waals surface area contributed by atoms with Crippen LogP contribution in [0.4, 0.5) is 0 Å². The van der Waals surface area contributed by atoms with Crippen molar-refractivity contribution in [1.82, 2.24) is 4.90 Å². The SMILES string of the molecule is CCCCC1CC(C23C[C@@H]4[C@H](C)CC[C@H]4C4(C=O)CC2C=C(C(C)C)C34C(=O)O)OC1CN(C)Cc1ccccc1. The van der Waals surface area contributed by atoms with Crippen LogP contribution >= 0.6 is 0 Å². The highest BCUT2D eigenvalue weighted by atomic mass is 16.5. The largest absolute Gasteiger partial charge is 0.481 e. The molecule has 7 unspecified atom stereocenters.